The van der Waals surface area contributed by atoms with Crippen molar-refractivity contribution < 1.29 is 13.2 Å². The fraction of sp³-hybridized carbons (Fsp3) is 0.364. The fourth-order valence-electron chi connectivity index (χ4n) is 2.34. The monoisotopic (exact) mass is 307 g/mol. The lowest BCUT2D eigenvalue weighted by Crippen LogP contribution is -2.61. The molecule has 18 heavy (non-hydrogen) atoms. The van der Waals surface area contributed by atoms with Gasteiger partial charge >= 0.3 is 9.24 Å². The van der Waals surface area contributed by atoms with Crippen molar-refractivity contribution in [3.8, 4) is 0 Å². The SMILES string of the molecule is CCC1(c2cccc(Cl)c2)CC(=O)N1S(=O)(=O)Cl. The normalized spacial score (nSPS) is 23.9. The van der Waals surface area contributed by atoms with E-state index >= 15 is 0 Å². The molecule has 98 valence electrons. The van der Waals surface area contributed by atoms with Gasteiger partial charge in [0.15, 0.2) is 0 Å². The third-order valence-electron chi connectivity index (χ3n) is 3.22. The summed E-state index contributed by atoms with van der Waals surface area (Å²) in [5.74, 6) is -0.494. The quantitative estimate of drug-likeness (QED) is 0.637. The molecule has 1 amide bonds. The molecule has 1 unspecified atom stereocenters. The first kappa shape index (κ1) is 13.6. The summed E-state index contributed by atoms with van der Waals surface area (Å²) in [6.07, 6.45) is 0.570. The van der Waals surface area contributed by atoms with Crippen LogP contribution >= 0.6 is 22.3 Å². The van der Waals surface area contributed by atoms with Gasteiger partial charge in [0.2, 0.25) is 5.91 Å². The third-order valence-corrected chi connectivity index (χ3v) is 4.86. The molecule has 0 aromatic heterocycles. The molecular formula is C11H11Cl2NO3S. The molecule has 1 fully saturated rings. The van der Waals surface area contributed by atoms with Gasteiger partial charge in [0.1, 0.15) is 0 Å². The Morgan fingerprint density at radius 1 is 1.44 bits per heavy atom. The summed E-state index contributed by atoms with van der Waals surface area (Å²) in [5.41, 5.74) is -0.218. The van der Waals surface area contributed by atoms with Crippen LogP contribution in [0.15, 0.2) is 24.3 Å². The molecule has 0 spiro atoms. The van der Waals surface area contributed by atoms with Crippen molar-refractivity contribution in [1.29, 1.82) is 0 Å². The molecule has 0 radical (unpaired) electrons. The number of hydrogen-bond donors (Lipinski definition) is 0. The Bertz CT molecular complexity index is 602. The minimum absolute atomic E-state index is 0.121. The van der Waals surface area contributed by atoms with Crippen LogP contribution in [0.4, 0.5) is 0 Å². The van der Waals surface area contributed by atoms with Crippen LogP contribution in [0.1, 0.15) is 25.3 Å². The first-order chi connectivity index (χ1) is 8.31. The van der Waals surface area contributed by atoms with Gasteiger partial charge < -0.3 is 0 Å². The highest BCUT2D eigenvalue weighted by atomic mass is 35.7. The zero-order chi connectivity index (χ0) is 13.6. The average molecular weight is 308 g/mol. The predicted molar refractivity (Wildman–Crippen MR) is 69.7 cm³/mol. The van der Waals surface area contributed by atoms with Gasteiger partial charge in [-0.1, -0.05) is 30.7 Å². The number of amides is 1. The van der Waals surface area contributed by atoms with Crippen molar-refractivity contribution in [3.63, 3.8) is 0 Å². The van der Waals surface area contributed by atoms with Crippen LogP contribution in [-0.4, -0.2) is 18.6 Å². The third kappa shape index (κ3) is 2.00. The minimum Gasteiger partial charge on any atom is -0.274 e. The van der Waals surface area contributed by atoms with E-state index in [1.807, 2.05) is 6.92 Å². The Hall–Kier alpha value is -0.780. The first-order valence-electron chi connectivity index (χ1n) is 5.35. The lowest BCUT2D eigenvalue weighted by atomic mass is 9.78. The molecule has 0 bridgehead atoms. The maximum atomic E-state index is 11.5. The van der Waals surface area contributed by atoms with E-state index in [4.69, 9.17) is 22.3 Å². The van der Waals surface area contributed by atoms with E-state index < -0.39 is 20.7 Å². The molecule has 1 heterocycles. The molecule has 1 atom stereocenters. The lowest BCUT2D eigenvalue weighted by Gasteiger charge is -2.49. The van der Waals surface area contributed by atoms with Crippen LogP contribution in [0.2, 0.25) is 5.02 Å². The maximum absolute atomic E-state index is 11.5. The Morgan fingerprint density at radius 3 is 2.56 bits per heavy atom. The predicted octanol–water partition coefficient (Wildman–Crippen LogP) is 2.66. The fourth-order valence-corrected chi connectivity index (χ4v) is 4.18. The van der Waals surface area contributed by atoms with Gasteiger partial charge in [0.05, 0.1) is 12.0 Å². The van der Waals surface area contributed by atoms with Crippen molar-refractivity contribution in [1.82, 2.24) is 4.31 Å². The van der Waals surface area contributed by atoms with E-state index in [1.165, 1.54) is 0 Å². The maximum Gasteiger partial charge on any atom is 0.324 e. The van der Waals surface area contributed by atoms with Gasteiger partial charge in [-0.25, -0.2) is 4.31 Å². The van der Waals surface area contributed by atoms with E-state index in [1.54, 1.807) is 24.3 Å². The summed E-state index contributed by atoms with van der Waals surface area (Å²) in [4.78, 5) is 11.5. The topological polar surface area (TPSA) is 54.5 Å². The van der Waals surface area contributed by atoms with E-state index in [-0.39, 0.29) is 6.42 Å². The molecule has 1 aliphatic rings. The van der Waals surface area contributed by atoms with Crippen LogP contribution in [0.25, 0.3) is 0 Å². The number of carbonyl (C=O) groups excluding carboxylic acids is 1. The second-order valence-electron chi connectivity index (χ2n) is 4.17. The molecule has 0 aliphatic carbocycles. The van der Waals surface area contributed by atoms with Crippen molar-refractivity contribution in [2.24, 2.45) is 0 Å². The number of rotatable bonds is 3. The van der Waals surface area contributed by atoms with Gasteiger partial charge in [-0.15, -0.1) is 0 Å². The standard InChI is InChI=1S/C11H11Cl2NO3S/c1-2-11(8-4-3-5-9(12)6-8)7-10(15)14(11)18(13,16)17/h3-6H,2,7H2,1H3. The molecule has 1 aromatic carbocycles. The summed E-state index contributed by atoms with van der Waals surface area (Å²) >= 11 is 5.90. The van der Waals surface area contributed by atoms with Crippen LogP contribution in [-0.2, 0) is 19.6 Å². The zero-order valence-corrected chi connectivity index (χ0v) is 11.9. The number of benzene rings is 1. The Morgan fingerprint density at radius 2 is 2.11 bits per heavy atom. The van der Waals surface area contributed by atoms with Crippen LogP contribution in [0, 0.1) is 0 Å². The summed E-state index contributed by atoms with van der Waals surface area (Å²) in [5, 5.41) is 0.492. The summed E-state index contributed by atoms with van der Waals surface area (Å²) in [7, 11) is 1.24. The van der Waals surface area contributed by atoms with Gasteiger partial charge in [-0.2, -0.15) is 8.42 Å². The van der Waals surface area contributed by atoms with Gasteiger partial charge in [-0.05, 0) is 24.1 Å². The number of hydrogen-bond acceptors (Lipinski definition) is 3. The molecule has 0 saturated carbocycles. The number of halogens is 2. The second-order valence-corrected chi connectivity index (χ2v) is 6.97. The van der Waals surface area contributed by atoms with Crippen molar-refractivity contribution >= 4 is 37.4 Å². The van der Waals surface area contributed by atoms with E-state index in [0.717, 1.165) is 4.31 Å². The van der Waals surface area contributed by atoms with Crippen LogP contribution in [0.5, 0.6) is 0 Å². The Kier molecular flexibility index (Phi) is 3.34. The number of carbonyl (C=O) groups is 1. The van der Waals surface area contributed by atoms with Crippen LogP contribution < -0.4 is 0 Å². The smallest absolute Gasteiger partial charge is 0.274 e. The van der Waals surface area contributed by atoms with Crippen molar-refractivity contribution in [2.45, 2.75) is 25.3 Å². The largest absolute Gasteiger partial charge is 0.324 e. The highest BCUT2D eigenvalue weighted by Gasteiger charge is 2.56. The van der Waals surface area contributed by atoms with E-state index in [2.05, 4.69) is 0 Å². The molecule has 1 aliphatic heterocycles. The van der Waals surface area contributed by atoms with Crippen LogP contribution in [0.3, 0.4) is 0 Å². The highest BCUT2D eigenvalue weighted by molar-refractivity contribution is 8.12. The molecular weight excluding hydrogens is 297 g/mol. The van der Waals surface area contributed by atoms with Crippen molar-refractivity contribution in [3.05, 3.63) is 34.9 Å². The Labute approximate surface area is 115 Å². The van der Waals surface area contributed by atoms with Gasteiger partial charge in [-0.3, -0.25) is 4.79 Å². The van der Waals surface area contributed by atoms with Gasteiger partial charge in [0.25, 0.3) is 0 Å². The minimum atomic E-state index is -4.08. The van der Waals surface area contributed by atoms with E-state index in [0.29, 0.717) is 17.0 Å². The Balaban J connectivity index is 2.54. The number of nitrogens with zero attached hydrogens (tertiary/aromatic N) is 1. The zero-order valence-electron chi connectivity index (χ0n) is 9.56. The molecule has 0 N–H and O–H groups in total. The average Bonchev–Trinajstić information content (AvgIpc) is 2.22. The number of β-lactam (4-membered cyclic amide) rings is 1. The van der Waals surface area contributed by atoms with Crippen molar-refractivity contribution in [2.75, 3.05) is 0 Å². The molecule has 7 heteroatoms. The lowest BCUT2D eigenvalue weighted by molar-refractivity contribution is -0.146. The summed E-state index contributed by atoms with van der Waals surface area (Å²) in [6, 6.07) is 6.81. The van der Waals surface area contributed by atoms with Gasteiger partial charge in [0, 0.05) is 15.7 Å². The molecule has 1 saturated heterocycles. The molecule has 2 rings (SSSR count). The van der Waals surface area contributed by atoms with E-state index in [9.17, 15) is 13.2 Å². The first-order valence-corrected chi connectivity index (χ1v) is 7.99. The molecule has 4 nitrogen and oxygen atoms in total. The summed E-state index contributed by atoms with van der Waals surface area (Å²) in [6.45, 7) is 1.81. The highest BCUT2D eigenvalue weighted by Crippen LogP contribution is 2.47. The summed E-state index contributed by atoms with van der Waals surface area (Å²) < 4.78 is 23.7. The molecule has 1 aromatic rings. The second kappa shape index (κ2) is 4.40.